The van der Waals surface area contributed by atoms with Gasteiger partial charge in [0.1, 0.15) is 16.3 Å². The van der Waals surface area contributed by atoms with E-state index in [1.807, 2.05) is 37.4 Å². The molecule has 0 spiro atoms. The smallest absolute Gasteiger partial charge is 0.268 e. The third-order valence-corrected chi connectivity index (χ3v) is 6.75. The molecule has 0 aliphatic rings. The average Bonchev–Trinajstić information content (AvgIpc) is 3.19. The maximum absolute atomic E-state index is 12.6. The first-order valence-corrected chi connectivity index (χ1v) is 11.6. The van der Waals surface area contributed by atoms with Crippen LogP contribution in [0.3, 0.4) is 0 Å². The number of fused-ring (bicyclic) bond motifs is 1. The summed E-state index contributed by atoms with van der Waals surface area (Å²) in [5, 5.41) is 0. The molecule has 2 heterocycles. The van der Waals surface area contributed by atoms with Crippen molar-refractivity contribution < 1.29 is 4.74 Å². The SMILES string of the molecule is COc1ccc(-c2cc3nc(CN(C)Cc4ccc(SC)cc4)[nH]c(=O)c3s2)cc1. The fourth-order valence-corrected chi connectivity index (χ4v) is 4.72. The summed E-state index contributed by atoms with van der Waals surface area (Å²) in [4.78, 5) is 24.7. The zero-order valence-electron chi connectivity index (χ0n) is 17.1. The number of hydrogen-bond donors (Lipinski definition) is 1. The lowest BCUT2D eigenvalue weighted by molar-refractivity contribution is 0.310. The molecule has 0 atom stereocenters. The van der Waals surface area contributed by atoms with Crippen LogP contribution in [0, 0.1) is 0 Å². The number of hydrogen-bond acceptors (Lipinski definition) is 6. The average molecular weight is 438 g/mol. The first-order valence-electron chi connectivity index (χ1n) is 9.54. The van der Waals surface area contributed by atoms with Gasteiger partial charge in [-0.05, 0) is 66.9 Å². The van der Waals surface area contributed by atoms with Gasteiger partial charge in [0.15, 0.2) is 0 Å². The first-order chi connectivity index (χ1) is 14.6. The molecular weight excluding hydrogens is 414 g/mol. The van der Waals surface area contributed by atoms with Gasteiger partial charge in [-0.25, -0.2) is 4.98 Å². The maximum Gasteiger partial charge on any atom is 0.268 e. The summed E-state index contributed by atoms with van der Waals surface area (Å²) >= 11 is 3.20. The highest BCUT2D eigenvalue weighted by Crippen LogP contribution is 2.31. The Bertz CT molecular complexity index is 1200. The standard InChI is InChI=1S/C23H23N3O2S2/c1-26(13-15-4-10-18(29-3)11-5-15)14-21-24-19-12-20(30-22(19)23(27)25-21)16-6-8-17(28-2)9-7-16/h4-12H,13-14H2,1-3H3,(H,24,25,27). The van der Waals surface area contributed by atoms with Gasteiger partial charge in [-0.15, -0.1) is 23.1 Å². The predicted molar refractivity (Wildman–Crippen MR) is 126 cm³/mol. The van der Waals surface area contributed by atoms with Crippen molar-refractivity contribution in [1.82, 2.24) is 14.9 Å². The second-order valence-electron chi connectivity index (χ2n) is 7.09. The molecular formula is C23H23N3O2S2. The molecule has 154 valence electrons. The molecule has 2 aromatic carbocycles. The van der Waals surface area contributed by atoms with Gasteiger partial charge in [0, 0.05) is 16.3 Å². The number of ether oxygens (including phenoxy) is 1. The number of thioether (sulfide) groups is 1. The Morgan fingerprint density at radius 1 is 1.10 bits per heavy atom. The van der Waals surface area contributed by atoms with Crippen LogP contribution in [-0.4, -0.2) is 35.3 Å². The Hall–Kier alpha value is -2.61. The van der Waals surface area contributed by atoms with Crippen LogP contribution in [-0.2, 0) is 13.1 Å². The molecule has 0 amide bonds. The van der Waals surface area contributed by atoms with Gasteiger partial charge in [-0.1, -0.05) is 12.1 Å². The van der Waals surface area contributed by atoms with Gasteiger partial charge < -0.3 is 9.72 Å². The predicted octanol–water partition coefficient (Wildman–Crippen LogP) is 5.01. The van der Waals surface area contributed by atoms with Crippen LogP contribution in [0.5, 0.6) is 5.75 Å². The van der Waals surface area contributed by atoms with Crippen LogP contribution >= 0.6 is 23.1 Å². The van der Waals surface area contributed by atoms with Gasteiger partial charge >= 0.3 is 0 Å². The summed E-state index contributed by atoms with van der Waals surface area (Å²) in [7, 11) is 3.68. The lowest BCUT2D eigenvalue weighted by atomic mass is 10.2. The number of methoxy groups -OCH3 is 1. The molecule has 0 aliphatic carbocycles. The summed E-state index contributed by atoms with van der Waals surface area (Å²) < 4.78 is 5.87. The molecule has 0 unspecified atom stereocenters. The highest BCUT2D eigenvalue weighted by Gasteiger charge is 2.12. The van der Waals surface area contributed by atoms with Crippen LogP contribution in [0.25, 0.3) is 20.7 Å². The molecule has 0 fully saturated rings. The topological polar surface area (TPSA) is 58.2 Å². The monoisotopic (exact) mass is 437 g/mol. The number of H-pyrrole nitrogens is 1. The lowest BCUT2D eigenvalue weighted by Gasteiger charge is -2.16. The molecule has 0 radical (unpaired) electrons. The second kappa shape index (κ2) is 9.04. The summed E-state index contributed by atoms with van der Waals surface area (Å²) in [6, 6.07) is 18.4. The zero-order valence-corrected chi connectivity index (χ0v) is 18.8. The van der Waals surface area contributed by atoms with E-state index in [1.165, 1.54) is 21.8 Å². The van der Waals surface area contributed by atoms with E-state index >= 15 is 0 Å². The van der Waals surface area contributed by atoms with Crippen LogP contribution in [0.2, 0.25) is 0 Å². The molecule has 4 rings (SSSR count). The zero-order chi connectivity index (χ0) is 21.1. The van der Waals surface area contributed by atoms with E-state index < -0.39 is 0 Å². The normalized spacial score (nSPS) is 11.3. The molecule has 30 heavy (non-hydrogen) atoms. The summed E-state index contributed by atoms with van der Waals surface area (Å²) in [6.45, 7) is 1.36. The number of rotatable bonds is 7. The van der Waals surface area contributed by atoms with E-state index in [4.69, 9.17) is 9.72 Å². The van der Waals surface area contributed by atoms with Crippen molar-refractivity contribution in [2.45, 2.75) is 18.0 Å². The highest BCUT2D eigenvalue weighted by atomic mass is 32.2. The van der Waals surface area contributed by atoms with E-state index in [1.54, 1.807) is 18.9 Å². The molecule has 7 heteroatoms. The summed E-state index contributed by atoms with van der Waals surface area (Å²) in [5.74, 6) is 1.49. The largest absolute Gasteiger partial charge is 0.497 e. The molecule has 2 aromatic heterocycles. The van der Waals surface area contributed by atoms with E-state index in [9.17, 15) is 4.79 Å². The van der Waals surface area contributed by atoms with E-state index in [-0.39, 0.29) is 5.56 Å². The lowest BCUT2D eigenvalue weighted by Crippen LogP contribution is -2.21. The quantitative estimate of drug-likeness (QED) is 0.412. The fourth-order valence-electron chi connectivity index (χ4n) is 3.31. The first kappa shape index (κ1) is 20.7. The third kappa shape index (κ3) is 4.59. The highest BCUT2D eigenvalue weighted by molar-refractivity contribution is 7.98. The van der Waals surface area contributed by atoms with E-state index in [2.05, 4.69) is 40.4 Å². The van der Waals surface area contributed by atoms with Gasteiger partial charge in [0.25, 0.3) is 5.56 Å². The number of aromatic amines is 1. The van der Waals surface area contributed by atoms with Crippen molar-refractivity contribution in [3.63, 3.8) is 0 Å². The number of thiophene rings is 1. The minimum absolute atomic E-state index is 0.0857. The number of benzene rings is 2. The minimum Gasteiger partial charge on any atom is -0.497 e. The molecule has 1 N–H and O–H groups in total. The van der Waals surface area contributed by atoms with Crippen LogP contribution in [0.15, 0.2) is 64.3 Å². The van der Waals surface area contributed by atoms with Gasteiger partial charge in [-0.2, -0.15) is 0 Å². The number of nitrogens with zero attached hydrogens (tertiary/aromatic N) is 2. The van der Waals surface area contributed by atoms with Gasteiger partial charge in [-0.3, -0.25) is 9.69 Å². The summed E-state index contributed by atoms with van der Waals surface area (Å²) in [5.41, 5.74) is 2.93. The second-order valence-corrected chi connectivity index (χ2v) is 9.02. The fraction of sp³-hybridized carbons (Fsp3) is 0.217. The minimum atomic E-state index is -0.0857. The van der Waals surface area contributed by atoms with Crippen LogP contribution in [0.4, 0.5) is 0 Å². The van der Waals surface area contributed by atoms with Gasteiger partial charge in [0.05, 0.1) is 19.2 Å². The van der Waals surface area contributed by atoms with Crippen molar-refractivity contribution in [1.29, 1.82) is 0 Å². The number of nitrogens with one attached hydrogen (secondary N) is 1. The Morgan fingerprint density at radius 3 is 2.50 bits per heavy atom. The van der Waals surface area contributed by atoms with Crippen LogP contribution in [0.1, 0.15) is 11.4 Å². The van der Waals surface area contributed by atoms with Crippen molar-refractivity contribution in [3.8, 4) is 16.2 Å². The molecule has 5 nitrogen and oxygen atoms in total. The third-order valence-electron chi connectivity index (χ3n) is 4.84. The molecule has 0 bridgehead atoms. The van der Waals surface area contributed by atoms with E-state index in [0.717, 1.165) is 28.3 Å². The van der Waals surface area contributed by atoms with E-state index in [0.29, 0.717) is 17.1 Å². The van der Waals surface area contributed by atoms with Crippen molar-refractivity contribution in [2.75, 3.05) is 20.4 Å². The molecule has 4 aromatic rings. The Balaban J connectivity index is 1.53. The number of aromatic nitrogens is 2. The Kier molecular flexibility index (Phi) is 6.22. The maximum atomic E-state index is 12.6. The Morgan fingerprint density at radius 2 is 1.83 bits per heavy atom. The van der Waals surface area contributed by atoms with Crippen molar-refractivity contribution >= 4 is 33.3 Å². The molecule has 0 saturated carbocycles. The van der Waals surface area contributed by atoms with Crippen molar-refractivity contribution in [3.05, 3.63) is 76.3 Å². The van der Waals surface area contributed by atoms with Gasteiger partial charge in [0.2, 0.25) is 0 Å². The Labute approximate surface area is 183 Å². The summed E-state index contributed by atoms with van der Waals surface area (Å²) in [6.07, 6.45) is 2.07. The van der Waals surface area contributed by atoms with Crippen LogP contribution < -0.4 is 10.3 Å². The van der Waals surface area contributed by atoms with Crippen molar-refractivity contribution in [2.24, 2.45) is 0 Å². The molecule has 0 aliphatic heterocycles. The molecule has 0 saturated heterocycles.